The normalized spacial score (nSPS) is 10.8. The van der Waals surface area contributed by atoms with E-state index < -0.39 is 5.97 Å². The van der Waals surface area contributed by atoms with Crippen molar-refractivity contribution in [2.24, 2.45) is 5.10 Å². The van der Waals surface area contributed by atoms with Crippen LogP contribution in [0.2, 0.25) is 0 Å². The second kappa shape index (κ2) is 9.78. The Hall–Kier alpha value is -4.45. The van der Waals surface area contributed by atoms with Gasteiger partial charge in [-0.25, -0.2) is 10.2 Å². The number of ether oxygens (including phenoxy) is 1. The molecule has 3 aromatic carbocycles. The standard InChI is InChI=1S/C27H23N3O3/c1-19-8-9-20(2)30(19)24-14-12-22(13-15-24)26(31)29-28-18-21-10-16-25(17-11-21)33-27(32)23-6-4-3-5-7-23/h3-18H,1-2H3,(H,29,31)/b28-18+. The van der Waals surface area contributed by atoms with Gasteiger partial charge in [0, 0.05) is 22.6 Å². The lowest BCUT2D eigenvalue weighted by Gasteiger charge is -2.10. The summed E-state index contributed by atoms with van der Waals surface area (Å²) in [6.07, 6.45) is 1.53. The number of nitrogens with one attached hydrogen (secondary N) is 1. The van der Waals surface area contributed by atoms with Crippen LogP contribution in [0.25, 0.3) is 5.69 Å². The number of nitrogens with zero attached hydrogens (tertiary/aromatic N) is 2. The lowest BCUT2D eigenvalue weighted by molar-refractivity contribution is 0.0734. The van der Waals surface area contributed by atoms with Crippen molar-refractivity contribution in [1.82, 2.24) is 9.99 Å². The molecule has 1 aromatic heterocycles. The molecular formula is C27H23N3O3. The summed E-state index contributed by atoms with van der Waals surface area (Å²) >= 11 is 0. The predicted octanol–water partition coefficient (Wildman–Crippen LogP) is 5.08. The van der Waals surface area contributed by atoms with E-state index >= 15 is 0 Å². The summed E-state index contributed by atoms with van der Waals surface area (Å²) in [4.78, 5) is 24.5. The molecule has 6 heteroatoms. The highest BCUT2D eigenvalue weighted by Crippen LogP contribution is 2.17. The number of benzene rings is 3. The van der Waals surface area contributed by atoms with Gasteiger partial charge in [0.15, 0.2) is 0 Å². The average molecular weight is 437 g/mol. The highest BCUT2D eigenvalue weighted by atomic mass is 16.5. The Kier molecular flexibility index (Phi) is 6.45. The summed E-state index contributed by atoms with van der Waals surface area (Å²) in [6.45, 7) is 4.09. The Balaban J connectivity index is 1.33. The van der Waals surface area contributed by atoms with E-state index in [9.17, 15) is 9.59 Å². The van der Waals surface area contributed by atoms with E-state index in [0.717, 1.165) is 22.6 Å². The fourth-order valence-electron chi connectivity index (χ4n) is 3.43. The molecule has 33 heavy (non-hydrogen) atoms. The zero-order valence-electron chi connectivity index (χ0n) is 18.4. The molecule has 1 heterocycles. The Morgan fingerprint density at radius 2 is 1.42 bits per heavy atom. The number of aryl methyl sites for hydroxylation is 2. The number of aromatic nitrogens is 1. The number of hydrogen-bond donors (Lipinski definition) is 1. The number of carbonyl (C=O) groups is 2. The molecule has 0 atom stereocenters. The molecule has 6 nitrogen and oxygen atoms in total. The molecule has 0 saturated heterocycles. The van der Waals surface area contributed by atoms with Gasteiger partial charge in [-0.1, -0.05) is 18.2 Å². The molecule has 0 fully saturated rings. The Morgan fingerprint density at radius 3 is 2.06 bits per heavy atom. The zero-order valence-corrected chi connectivity index (χ0v) is 18.4. The first-order valence-corrected chi connectivity index (χ1v) is 10.5. The minimum Gasteiger partial charge on any atom is -0.423 e. The summed E-state index contributed by atoms with van der Waals surface area (Å²) in [6, 6.07) is 27.1. The van der Waals surface area contributed by atoms with Crippen molar-refractivity contribution < 1.29 is 14.3 Å². The summed E-state index contributed by atoms with van der Waals surface area (Å²) < 4.78 is 7.48. The van der Waals surface area contributed by atoms with E-state index in [1.165, 1.54) is 6.21 Å². The lowest BCUT2D eigenvalue weighted by Crippen LogP contribution is -2.17. The molecular weight excluding hydrogens is 414 g/mol. The first-order chi connectivity index (χ1) is 16.0. The van der Waals surface area contributed by atoms with Gasteiger partial charge in [0.1, 0.15) is 5.75 Å². The largest absolute Gasteiger partial charge is 0.423 e. The van der Waals surface area contributed by atoms with Crippen LogP contribution >= 0.6 is 0 Å². The second-order valence-corrected chi connectivity index (χ2v) is 7.52. The third-order valence-electron chi connectivity index (χ3n) is 5.14. The maximum absolute atomic E-state index is 12.4. The molecule has 0 aliphatic rings. The number of esters is 1. The number of carbonyl (C=O) groups excluding carboxylic acids is 2. The second-order valence-electron chi connectivity index (χ2n) is 7.52. The highest BCUT2D eigenvalue weighted by molar-refractivity contribution is 5.95. The molecule has 4 aromatic rings. The van der Waals surface area contributed by atoms with Crippen LogP contribution in [0.15, 0.2) is 96.1 Å². The average Bonchev–Trinajstić information content (AvgIpc) is 3.18. The predicted molar refractivity (Wildman–Crippen MR) is 128 cm³/mol. The van der Waals surface area contributed by atoms with Gasteiger partial charge >= 0.3 is 5.97 Å². The minimum absolute atomic E-state index is 0.299. The third kappa shape index (κ3) is 5.25. The molecule has 0 bridgehead atoms. The molecule has 164 valence electrons. The molecule has 0 radical (unpaired) electrons. The van der Waals surface area contributed by atoms with Crippen LogP contribution in [0.3, 0.4) is 0 Å². The smallest absolute Gasteiger partial charge is 0.343 e. The molecule has 0 aliphatic heterocycles. The van der Waals surface area contributed by atoms with Crippen LogP contribution < -0.4 is 10.2 Å². The maximum atomic E-state index is 12.4. The van der Waals surface area contributed by atoms with Crippen LogP contribution in [0.5, 0.6) is 5.75 Å². The molecule has 0 unspecified atom stereocenters. The van der Waals surface area contributed by atoms with Gasteiger partial charge in [0.2, 0.25) is 0 Å². The Bertz CT molecular complexity index is 1270. The van der Waals surface area contributed by atoms with Crippen molar-refractivity contribution in [1.29, 1.82) is 0 Å². The van der Waals surface area contributed by atoms with Gasteiger partial charge in [-0.3, -0.25) is 4.79 Å². The van der Waals surface area contributed by atoms with Crippen LogP contribution in [0.4, 0.5) is 0 Å². The summed E-state index contributed by atoms with van der Waals surface area (Å²) in [5.41, 5.74) is 7.56. The van der Waals surface area contributed by atoms with Gasteiger partial charge in [-0.05, 0) is 92.2 Å². The molecule has 0 saturated carbocycles. The van der Waals surface area contributed by atoms with Crippen molar-refractivity contribution in [3.8, 4) is 11.4 Å². The van der Waals surface area contributed by atoms with Crippen molar-refractivity contribution >= 4 is 18.1 Å². The molecule has 4 rings (SSSR count). The number of amides is 1. The SMILES string of the molecule is Cc1ccc(C)n1-c1ccc(C(=O)N/N=C/c2ccc(OC(=O)c3ccccc3)cc2)cc1. The van der Waals surface area contributed by atoms with E-state index in [-0.39, 0.29) is 5.91 Å². The van der Waals surface area contributed by atoms with Gasteiger partial charge < -0.3 is 9.30 Å². The van der Waals surface area contributed by atoms with Gasteiger partial charge in [0.05, 0.1) is 11.8 Å². The van der Waals surface area contributed by atoms with E-state index in [0.29, 0.717) is 16.9 Å². The summed E-state index contributed by atoms with van der Waals surface area (Å²) in [5.74, 6) is -0.289. The molecule has 1 N–H and O–H groups in total. The fourth-order valence-corrected chi connectivity index (χ4v) is 3.43. The number of rotatable bonds is 6. The third-order valence-corrected chi connectivity index (χ3v) is 5.14. The Labute approximate surface area is 192 Å². The number of hydrazone groups is 1. The van der Waals surface area contributed by atoms with Crippen molar-refractivity contribution in [2.45, 2.75) is 13.8 Å². The van der Waals surface area contributed by atoms with E-state index in [4.69, 9.17) is 4.74 Å². The van der Waals surface area contributed by atoms with Crippen molar-refractivity contribution in [2.75, 3.05) is 0 Å². The quantitative estimate of drug-likeness (QED) is 0.198. The van der Waals surface area contributed by atoms with Gasteiger partial charge in [-0.15, -0.1) is 0 Å². The highest BCUT2D eigenvalue weighted by Gasteiger charge is 2.08. The van der Waals surface area contributed by atoms with E-state index in [1.807, 2.05) is 32.0 Å². The van der Waals surface area contributed by atoms with Crippen LogP contribution in [-0.2, 0) is 0 Å². The van der Waals surface area contributed by atoms with Crippen LogP contribution in [-0.4, -0.2) is 22.7 Å². The van der Waals surface area contributed by atoms with Crippen molar-refractivity contribution in [3.63, 3.8) is 0 Å². The van der Waals surface area contributed by atoms with Crippen LogP contribution in [0, 0.1) is 13.8 Å². The van der Waals surface area contributed by atoms with Gasteiger partial charge in [0.25, 0.3) is 5.91 Å². The first-order valence-electron chi connectivity index (χ1n) is 10.5. The summed E-state index contributed by atoms with van der Waals surface area (Å²) in [7, 11) is 0. The van der Waals surface area contributed by atoms with E-state index in [2.05, 4.69) is 27.2 Å². The monoisotopic (exact) mass is 437 g/mol. The van der Waals surface area contributed by atoms with Crippen molar-refractivity contribution in [3.05, 3.63) is 119 Å². The van der Waals surface area contributed by atoms with Crippen LogP contribution in [0.1, 0.15) is 37.7 Å². The maximum Gasteiger partial charge on any atom is 0.343 e. The number of hydrogen-bond acceptors (Lipinski definition) is 4. The van der Waals surface area contributed by atoms with Gasteiger partial charge in [-0.2, -0.15) is 5.10 Å². The Morgan fingerprint density at radius 1 is 0.788 bits per heavy atom. The lowest BCUT2D eigenvalue weighted by atomic mass is 10.2. The molecule has 0 aliphatic carbocycles. The zero-order chi connectivity index (χ0) is 23.2. The molecule has 0 spiro atoms. The minimum atomic E-state index is -0.419. The first kappa shape index (κ1) is 21.8. The summed E-state index contributed by atoms with van der Waals surface area (Å²) in [5, 5.41) is 4.02. The van der Waals surface area contributed by atoms with E-state index in [1.54, 1.807) is 60.7 Å². The fraction of sp³-hybridized carbons (Fsp3) is 0.0741. The topological polar surface area (TPSA) is 72.7 Å². The molecule has 1 amide bonds.